The van der Waals surface area contributed by atoms with E-state index >= 15 is 0 Å². The highest BCUT2D eigenvalue weighted by Crippen LogP contribution is 2.38. The Kier molecular flexibility index (Phi) is 3.79. The maximum Gasteiger partial charge on any atom is 0.138 e. The first-order chi connectivity index (χ1) is 8.15. The van der Waals surface area contributed by atoms with Gasteiger partial charge in [0.05, 0.1) is 0 Å². The van der Waals surface area contributed by atoms with Gasteiger partial charge >= 0.3 is 0 Å². The van der Waals surface area contributed by atoms with E-state index in [-0.39, 0.29) is 0 Å². The second-order valence-corrected chi connectivity index (χ2v) is 4.96. The summed E-state index contributed by atoms with van der Waals surface area (Å²) in [7, 11) is 2.05. The van der Waals surface area contributed by atoms with Gasteiger partial charge in [0.25, 0.3) is 0 Å². The second kappa shape index (κ2) is 5.15. The smallest absolute Gasteiger partial charge is 0.138 e. The molecule has 0 atom stereocenters. The van der Waals surface area contributed by atoms with Crippen molar-refractivity contribution in [2.24, 2.45) is 5.73 Å². The Labute approximate surface area is 103 Å². The van der Waals surface area contributed by atoms with Crippen LogP contribution < -0.4 is 5.73 Å². The molecule has 0 unspecified atom stereocenters. The Morgan fingerprint density at radius 1 is 1.29 bits per heavy atom. The molecular formula is C14H21FN2. The van der Waals surface area contributed by atoms with E-state index in [9.17, 15) is 4.39 Å². The van der Waals surface area contributed by atoms with E-state index in [2.05, 4.69) is 4.90 Å². The van der Waals surface area contributed by atoms with Crippen molar-refractivity contribution in [3.8, 4) is 0 Å². The van der Waals surface area contributed by atoms with E-state index in [1.165, 1.54) is 0 Å². The van der Waals surface area contributed by atoms with E-state index in [1.807, 2.05) is 31.3 Å². The van der Waals surface area contributed by atoms with Crippen LogP contribution in [0.1, 0.15) is 24.0 Å². The molecule has 0 aromatic heterocycles. The van der Waals surface area contributed by atoms with Crippen LogP contribution in [0.5, 0.6) is 0 Å². The Bertz CT molecular complexity index is 370. The average molecular weight is 236 g/mol. The number of benzene rings is 1. The van der Waals surface area contributed by atoms with Gasteiger partial charge < -0.3 is 10.6 Å². The lowest BCUT2D eigenvalue weighted by atomic mass is 9.83. The SMILES string of the molecule is CN1CCC(F)(c2ccccc2CCN)CC1. The predicted octanol–water partition coefficient (Wildman–Crippen LogP) is 2.08. The molecule has 0 bridgehead atoms. The molecule has 17 heavy (non-hydrogen) atoms. The zero-order chi connectivity index (χ0) is 12.3. The van der Waals surface area contributed by atoms with Gasteiger partial charge in [0.1, 0.15) is 5.67 Å². The summed E-state index contributed by atoms with van der Waals surface area (Å²) in [5.74, 6) is 0. The quantitative estimate of drug-likeness (QED) is 0.870. The third kappa shape index (κ3) is 2.67. The fraction of sp³-hybridized carbons (Fsp3) is 0.571. The van der Waals surface area contributed by atoms with Crippen molar-refractivity contribution in [1.82, 2.24) is 4.90 Å². The van der Waals surface area contributed by atoms with Gasteiger partial charge in [0.15, 0.2) is 0 Å². The lowest BCUT2D eigenvalue weighted by Gasteiger charge is -2.36. The lowest BCUT2D eigenvalue weighted by Crippen LogP contribution is -2.38. The number of hydrogen-bond acceptors (Lipinski definition) is 2. The average Bonchev–Trinajstić information content (AvgIpc) is 2.34. The maximum atomic E-state index is 15.0. The number of likely N-dealkylation sites (tertiary alicyclic amines) is 1. The van der Waals surface area contributed by atoms with Crippen LogP contribution in [0.4, 0.5) is 4.39 Å². The molecule has 1 aromatic rings. The summed E-state index contributed by atoms with van der Waals surface area (Å²) >= 11 is 0. The first kappa shape index (κ1) is 12.5. The molecule has 0 radical (unpaired) electrons. The van der Waals surface area contributed by atoms with Crippen LogP contribution in [0.2, 0.25) is 0 Å². The van der Waals surface area contributed by atoms with Crippen molar-refractivity contribution < 1.29 is 4.39 Å². The van der Waals surface area contributed by atoms with Gasteiger partial charge in [-0.1, -0.05) is 24.3 Å². The lowest BCUT2D eigenvalue weighted by molar-refractivity contribution is 0.0666. The summed E-state index contributed by atoms with van der Waals surface area (Å²) in [5.41, 5.74) is 6.37. The van der Waals surface area contributed by atoms with Crippen LogP contribution in [-0.2, 0) is 12.1 Å². The van der Waals surface area contributed by atoms with Crippen molar-refractivity contribution >= 4 is 0 Å². The van der Waals surface area contributed by atoms with E-state index in [4.69, 9.17) is 5.73 Å². The van der Waals surface area contributed by atoms with Crippen LogP contribution in [-0.4, -0.2) is 31.6 Å². The summed E-state index contributed by atoms with van der Waals surface area (Å²) in [6, 6.07) is 7.82. The van der Waals surface area contributed by atoms with E-state index < -0.39 is 5.67 Å². The molecule has 2 N–H and O–H groups in total. The predicted molar refractivity (Wildman–Crippen MR) is 68.7 cm³/mol. The minimum absolute atomic E-state index is 0.576. The Hall–Kier alpha value is -0.930. The molecule has 1 saturated heterocycles. The molecule has 2 nitrogen and oxygen atoms in total. The number of nitrogens with zero attached hydrogens (tertiary/aromatic N) is 1. The van der Waals surface area contributed by atoms with Crippen molar-refractivity contribution in [3.05, 3.63) is 35.4 Å². The Morgan fingerprint density at radius 2 is 1.94 bits per heavy atom. The van der Waals surface area contributed by atoms with E-state index in [0.29, 0.717) is 19.4 Å². The molecule has 1 aliphatic rings. The van der Waals surface area contributed by atoms with E-state index in [0.717, 1.165) is 30.6 Å². The topological polar surface area (TPSA) is 29.3 Å². The monoisotopic (exact) mass is 236 g/mol. The third-order valence-corrected chi connectivity index (χ3v) is 3.69. The number of halogens is 1. The summed E-state index contributed by atoms with van der Waals surface area (Å²) < 4.78 is 15.0. The van der Waals surface area contributed by atoms with Crippen molar-refractivity contribution in [2.45, 2.75) is 24.9 Å². The molecule has 1 heterocycles. The first-order valence-electron chi connectivity index (χ1n) is 6.31. The molecule has 0 saturated carbocycles. The number of alkyl halides is 1. The van der Waals surface area contributed by atoms with Gasteiger partial charge in [-0.05, 0) is 44.0 Å². The summed E-state index contributed by atoms with van der Waals surface area (Å²) in [6.07, 6.45) is 1.94. The van der Waals surface area contributed by atoms with Crippen LogP contribution >= 0.6 is 0 Å². The van der Waals surface area contributed by atoms with Crippen molar-refractivity contribution in [3.63, 3.8) is 0 Å². The highest BCUT2D eigenvalue weighted by molar-refractivity contribution is 5.33. The van der Waals surface area contributed by atoms with Crippen LogP contribution in [0.25, 0.3) is 0 Å². The normalized spacial score (nSPS) is 20.4. The summed E-state index contributed by atoms with van der Waals surface area (Å²) in [4.78, 5) is 2.18. The van der Waals surface area contributed by atoms with Gasteiger partial charge in [-0.2, -0.15) is 0 Å². The van der Waals surface area contributed by atoms with Crippen LogP contribution in [0.15, 0.2) is 24.3 Å². The van der Waals surface area contributed by atoms with Crippen molar-refractivity contribution in [1.29, 1.82) is 0 Å². The fourth-order valence-corrected chi connectivity index (χ4v) is 2.57. The van der Waals surface area contributed by atoms with Gasteiger partial charge in [-0.3, -0.25) is 0 Å². The summed E-state index contributed by atoms with van der Waals surface area (Å²) in [5, 5.41) is 0. The van der Waals surface area contributed by atoms with Crippen molar-refractivity contribution in [2.75, 3.05) is 26.7 Å². The minimum Gasteiger partial charge on any atom is -0.330 e. The highest BCUT2D eigenvalue weighted by atomic mass is 19.1. The zero-order valence-electron chi connectivity index (χ0n) is 10.5. The van der Waals surface area contributed by atoms with Gasteiger partial charge in [-0.15, -0.1) is 0 Å². The third-order valence-electron chi connectivity index (χ3n) is 3.69. The number of rotatable bonds is 3. The minimum atomic E-state index is -1.15. The largest absolute Gasteiger partial charge is 0.330 e. The molecule has 94 valence electrons. The molecule has 1 fully saturated rings. The van der Waals surface area contributed by atoms with Gasteiger partial charge in [-0.25, -0.2) is 4.39 Å². The molecule has 1 aliphatic heterocycles. The fourth-order valence-electron chi connectivity index (χ4n) is 2.57. The highest BCUT2D eigenvalue weighted by Gasteiger charge is 2.36. The Balaban J connectivity index is 2.26. The molecule has 3 heteroatoms. The maximum absolute atomic E-state index is 15.0. The standard InChI is InChI=1S/C14H21FN2/c1-17-10-7-14(15,8-11-17)13-5-3-2-4-12(13)6-9-16/h2-5H,6-11,16H2,1H3. The van der Waals surface area contributed by atoms with Gasteiger partial charge in [0, 0.05) is 13.1 Å². The molecule has 0 amide bonds. The molecular weight excluding hydrogens is 215 g/mol. The van der Waals surface area contributed by atoms with Gasteiger partial charge in [0.2, 0.25) is 0 Å². The number of piperidine rings is 1. The van der Waals surface area contributed by atoms with Crippen LogP contribution in [0.3, 0.4) is 0 Å². The van der Waals surface area contributed by atoms with Crippen LogP contribution in [0, 0.1) is 0 Å². The number of hydrogen-bond donors (Lipinski definition) is 1. The first-order valence-corrected chi connectivity index (χ1v) is 6.31. The molecule has 0 spiro atoms. The molecule has 1 aromatic carbocycles. The molecule has 0 aliphatic carbocycles. The zero-order valence-corrected chi connectivity index (χ0v) is 10.5. The molecule has 2 rings (SSSR count). The Morgan fingerprint density at radius 3 is 2.59 bits per heavy atom. The number of nitrogens with two attached hydrogens (primary N) is 1. The second-order valence-electron chi connectivity index (χ2n) is 4.96. The van der Waals surface area contributed by atoms with E-state index in [1.54, 1.807) is 0 Å². The summed E-state index contributed by atoms with van der Waals surface area (Å²) in [6.45, 7) is 2.23.